The summed E-state index contributed by atoms with van der Waals surface area (Å²) in [6.45, 7) is 15.4. The summed E-state index contributed by atoms with van der Waals surface area (Å²) in [7, 11) is 1.42. The van der Waals surface area contributed by atoms with E-state index in [1.165, 1.54) is 4.90 Å². The molecule has 0 aromatic carbocycles. The molecule has 1 heterocycles. The molecular weight excluding hydrogens is 333 g/mol. The number of amides is 1. The van der Waals surface area contributed by atoms with Crippen molar-refractivity contribution in [3.8, 4) is 0 Å². The number of rotatable bonds is 8. The third kappa shape index (κ3) is 7.68. The van der Waals surface area contributed by atoms with Gasteiger partial charge >= 0.3 is 13.2 Å². The van der Waals surface area contributed by atoms with Crippen molar-refractivity contribution in [2.75, 3.05) is 26.8 Å². The van der Waals surface area contributed by atoms with Crippen LogP contribution in [0.3, 0.4) is 0 Å². The fraction of sp³-hybridized carbons (Fsp3) is 0.842. The maximum Gasteiger partial charge on any atom is 0.486 e. The van der Waals surface area contributed by atoms with Gasteiger partial charge in [-0.25, -0.2) is 4.79 Å². The number of unbranched alkanes of at least 4 members (excludes halogenated alkanes) is 1. The lowest BCUT2D eigenvalue weighted by Crippen LogP contribution is -2.41. The molecule has 0 N–H and O–H groups in total. The topological polar surface area (TPSA) is 57.2 Å². The molecule has 0 aromatic heterocycles. The minimum Gasteiger partial charge on any atom is -0.444 e. The van der Waals surface area contributed by atoms with Crippen LogP contribution >= 0.6 is 0 Å². The van der Waals surface area contributed by atoms with Crippen LogP contribution in [-0.2, 0) is 18.8 Å². The van der Waals surface area contributed by atoms with E-state index in [0.717, 1.165) is 12.8 Å². The second kappa shape index (κ2) is 9.24. The molecule has 1 aliphatic heterocycles. The van der Waals surface area contributed by atoms with Crippen molar-refractivity contribution < 1.29 is 23.6 Å². The minimum absolute atomic E-state index is 0.289. The van der Waals surface area contributed by atoms with Crippen molar-refractivity contribution in [3.05, 3.63) is 12.1 Å². The van der Waals surface area contributed by atoms with E-state index in [4.69, 9.17) is 18.8 Å². The number of nitrogens with zero attached hydrogens (tertiary/aromatic N) is 1. The van der Waals surface area contributed by atoms with Crippen molar-refractivity contribution in [1.29, 1.82) is 0 Å². The quantitative estimate of drug-likeness (QED) is 0.481. The summed E-state index contributed by atoms with van der Waals surface area (Å²) in [5.74, 6) is 1.97. The molecule has 1 saturated heterocycles. The number of allylic oxidation sites excluding steroid dienone is 1. The van der Waals surface area contributed by atoms with E-state index < -0.39 is 5.60 Å². The summed E-state index contributed by atoms with van der Waals surface area (Å²) in [5, 5.41) is 0. The van der Waals surface area contributed by atoms with Gasteiger partial charge in [0.25, 0.3) is 0 Å². The summed E-state index contributed by atoms with van der Waals surface area (Å²) >= 11 is 0. The molecule has 6 nitrogen and oxygen atoms in total. The smallest absolute Gasteiger partial charge is 0.444 e. The van der Waals surface area contributed by atoms with Gasteiger partial charge in [0.2, 0.25) is 0 Å². The second-order valence-corrected chi connectivity index (χ2v) is 8.71. The van der Waals surface area contributed by atoms with Crippen molar-refractivity contribution in [2.45, 2.75) is 78.1 Å². The average molecular weight is 369 g/mol. The third-order valence-electron chi connectivity index (χ3n) is 4.50. The Kier molecular flexibility index (Phi) is 8.17. The Balaban J connectivity index is 2.11. The molecule has 0 atom stereocenters. The summed E-state index contributed by atoms with van der Waals surface area (Å²) in [6.07, 6.45) is 3.54. The normalized spacial score (nSPS) is 19.2. The standard InChI is InChI=1S/C19H36BNO5/c1-17(2,3)24-16(22)21(8)13-15-23-14-11-9-10-12-20-25-18(4,5)19(6,7)26-20/h10,12H,9,11,13-15H2,1-8H3/b12-10+. The maximum atomic E-state index is 11.8. The molecule has 0 unspecified atom stereocenters. The first-order chi connectivity index (χ1) is 11.8. The van der Waals surface area contributed by atoms with E-state index in [1.54, 1.807) is 7.05 Å². The Labute approximate surface area is 159 Å². The number of ether oxygens (including phenoxy) is 2. The van der Waals surface area contributed by atoms with Crippen LogP contribution in [0.5, 0.6) is 0 Å². The predicted octanol–water partition coefficient (Wildman–Crippen LogP) is 3.84. The Morgan fingerprint density at radius 2 is 1.69 bits per heavy atom. The molecule has 0 radical (unpaired) electrons. The van der Waals surface area contributed by atoms with E-state index >= 15 is 0 Å². The first-order valence-corrected chi connectivity index (χ1v) is 9.38. The Hall–Kier alpha value is -1.05. The van der Waals surface area contributed by atoms with Crippen LogP contribution in [0.25, 0.3) is 0 Å². The lowest BCUT2D eigenvalue weighted by atomic mass is 9.89. The fourth-order valence-corrected chi connectivity index (χ4v) is 2.21. The number of hydrogen-bond donors (Lipinski definition) is 0. The van der Waals surface area contributed by atoms with Crippen LogP contribution in [0, 0.1) is 0 Å². The van der Waals surface area contributed by atoms with Gasteiger partial charge in [0.05, 0.1) is 17.8 Å². The first kappa shape index (κ1) is 23.0. The van der Waals surface area contributed by atoms with E-state index in [-0.39, 0.29) is 24.4 Å². The molecule has 0 bridgehead atoms. The molecule has 0 saturated carbocycles. The molecule has 1 rings (SSSR count). The minimum atomic E-state index is -0.476. The van der Waals surface area contributed by atoms with Gasteiger partial charge < -0.3 is 23.7 Å². The summed E-state index contributed by atoms with van der Waals surface area (Å²) in [5.41, 5.74) is -1.08. The number of carbonyl (C=O) groups excluding carboxylic acids is 1. The van der Waals surface area contributed by atoms with Crippen LogP contribution in [-0.4, -0.2) is 61.7 Å². The molecule has 7 heteroatoms. The van der Waals surface area contributed by atoms with Gasteiger partial charge in [-0.2, -0.15) is 0 Å². The highest BCUT2D eigenvalue weighted by Gasteiger charge is 2.49. The number of hydrogen-bond acceptors (Lipinski definition) is 5. The van der Waals surface area contributed by atoms with Gasteiger partial charge in [-0.1, -0.05) is 12.1 Å². The van der Waals surface area contributed by atoms with Crippen LogP contribution in [0.15, 0.2) is 12.1 Å². The molecule has 1 aliphatic rings. The molecule has 1 fully saturated rings. The van der Waals surface area contributed by atoms with Gasteiger partial charge in [0.1, 0.15) is 5.60 Å². The van der Waals surface area contributed by atoms with Crippen molar-refractivity contribution in [1.82, 2.24) is 4.90 Å². The zero-order valence-corrected chi connectivity index (χ0v) is 17.8. The summed E-state index contributed by atoms with van der Waals surface area (Å²) in [4.78, 5) is 13.3. The lowest BCUT2D eigenvalue weighted by Gasteiger charge is -2.32. The third-order valence-corrected chi connectivity index (χ3v) is 4.50. The highest BCUT2D eigenvalue weighted by molar-refractivity contribution is 6.51. The molecule has 0 aromatic rings. The lowest BCUT2D eigenvalue weighted by molar-refractivity contribution is 0.00578. The Morgan fingerprint density at radius 1 is 1.12 bits per heavy atom. The maximum absolute atomic E-state index is 11.8. The highest BCUT2D eigenvalue weighted by atomic mass is 16.7. The van der Waals surface area contributed by atoms with Gasteiger partial charge in [0.15, 0.2) is 0 Å². The van der Waals surface area contributed by atoms with Gasteiger partial charge in [-0.05, 0) is 61.3 Å². The Bertz CT molecular complexity index is 469. The Morgan fingerprint density at radius 3 is 2.23 bits per heavy atom. The largest absolute Gasteiger partial charge is 0.486 e. The second-order valence-electron chi connectivity index (χ2n) is 8.71. The predicted molar refractivity (Wildman–Crippen MR) is 104 cm³/mol. The van der Waals surface area contributed by atoms with Gasteiger partial charge in [0, 0.05) is 20.2 Å². The molecule has 1 amide bonds. The summed E-state index contributed by atoms with van der Waals surface area (Å²) in [6, 6.07) is 0. The molecule has 150 valence electrons. The SMILES string of the molecule is CN(CCOCCC/C=C/B1OC(C)(C)C(C)(C)O1)C(=O)OC(C)(C)C. The van der Waals surface area contributed by atoms with Gasteiger partial charge in [-0.3, -0.25) is 0 Å². The van der Waals surface area contributed by atoms with E-state index in [1.807, 2.05) is 54.4 Å². The van der Waals surface area contributed by atoms with E-state index in [9.17, 15) is 4.79 Å². The van der Waals surface area contributed by atoms with E-state index in [0.29, 0.717) is 19.8 Å². The monoisotopic (exact) mass is 369 g/mol. The molecule has 0 spiro atoms. The van der Waals surface area contributed by atoms with Crippen molar-refractivity contribution >= 4 is 13.2 Å². The van der Waals surface area contributed by atoms with Crippen LogP contribution in [0.2, 0.25) is 0 Å². The van der Waals surface area contributed by atoms with Crippen molar-refractivity contribution in [3.63, 3.8) is 0 Å². The zero-order valence-electron chi connectivity index (χ0n) is 17.8. The van der Waals surface area contributed by atoms with Crippen LogP contribution < -0.4 is 0 Å². The highest BCUT2D eigenvalue weighted by Crippen LogP contribution is 2.36. The van der Waals surface area contributed by atoms with Crippen LogP contribution in [0.4, 0.5) is 4.79 Å². The van der Waals surface area contributed by atoms with Gasteiger partial charge in [-0.15, -0.1) is 0 Å². The van der Waals surface area contributed by atoms with Crippen molar-refractivity contribution in [2.24, 2.45) is 0 Å². The summed E-state index contributed by atoms with van der Waals surface area (Å²) < 4.78 is 22.7. The molecular formula is C19H36BNO5. The van der Waals surface area contributed by atoms with E-state index in [2.05, 4.69) is 6.08 Å². The number of likely N-dealkylation sites (N-methyl/N-ethyl adjacent to an activating group) is 1. The number of carbonyl (C=O) groups is 1. The zero-order chi connectivity index (χ0) is 20.0. The van der Waals surface area contributed by atoms with Crippen LogP contribution in [0.1, 0.15) is 61.3 Å². The molecule has 26 heavy (non-hydrogen) atoms. The first-order valence-electron chi connectivity index (χ1n) is 9.38. The average Bonchev–Trinajstić information content (AvgIpc) is 2.67. The molecule has 0 aliphatic carbocycles. The fourth-order valence-electron chi connectivity index (χ4n) is 2.21.